The third-order valence-electron chi connectivity index (χ3n) is 4.48. The van der Waals surface area contributed by atoms with Gasteiger partial charge in [-0.2, -0.15) is 0 Å². The van der Waals surface area contributed by atoms with Crippen molar-refractivity contribution in [3.8, 4) is 0 Å². The molecule has 3 rings (SSSR count). The summed E-state index contributed by atoms with van der Waals surface area (Å²) in [6, 6.07) is 5.77. The summed E-state index contributed by atoms with van der Waals surface area (Å²) >= 11 is 1.22. The number of carbonyl (C=O) groups is 3. The number of nitrogens with zero attached hydrogens (tertiary/aromatic N) is 2. The lowest BCUT2D eigenvalue weighted by molar-refractivity contribution is -0.133. The predicted octanol–water partition coefficient (Wildman–Crippen LogP) is 1.92. The molecule has 0 radical (unpaired) electrons. The van der Waals surface area contributed by atoms with Crippen molar-refractivity contribution in [1.82, 2.24) is 4.90 Å². The van der Waals surface area contributed by atoms with Crippen LogP contribution in [0.5, 0.6) is 0 Å². The first-order valence-corrected chi connectivity index (χ1v) is 9.81. The van der Waals surface area contributed by atoms with E-state index in [-0.39, 0.29) is 30.6 Å². The van der Waals surface area contributed by atoms with Crippen LogP contribution < -0.4 is 5.32 Å². The molecule has 0 aromatic heterocycles. The van der Waals surface area contributed by atoms with Crippen molar-refractivity contribution < 1.29 is 19.1 Å². The van der Waals surface area contributed by atoms with E-state index in [1.54, 1.807) is 4.90 Å². The molecule has 1 saturated heterocycles. The fraction of sp³-hybridized carbons (Fsp3) is 0.474. The topological polar surface area (TPSA) is 88.1 Å². The third kappa shape index (κ3) is 5.17. The van der Waals surface area contributed by atoms with Gasteiger partial charge in [0, 0.05) is 25.2 Å². The van der Waals surface area contributed by atoms with Crippen LogP contribution in [-0.4, -0.2) is 59.2 Å². The Morgan fingerprint density at radius 3 is 2.74 bits per heavy atom. The first-order chi connectivity index (χ1) is 12.9. The average Bonchev–Trinajstić information content (AvgIpc) is 2.97. The maximum atomic E-state index is 12.3. The molecule has 0 saturated carbocycles. The number of hydrogen-bond acceptors (Lipinski definition) is 5. The molecule has 2 aliphatic heterocycles. The van der Waals surface area contributed by atoms with Crippen LogP contribution in [0.25, 0.3) is 0 Å². The van der Waals surface area contributed by atoms with E-state index in [1.165, 1.54) is 11.8 Å². The normalized spacial score (nSPS) is 19.8. The molecule has 2 aliphatic rings. The van der Waals surface area contributed by atoms with Crippen LogP contribution in [0.1, 0.15) is 24.0 Å². The summed E-state index contributed by atoms with van der Waals surface area (Å²) in [4.78, 5) is 42.4. The largest absolute Gasteiger partial charge is 0.378 e. The number of benzene rings is 1. The summed E-state index contributed by atoms with van der Waals surface area (Å²) in [5.74, 6) is -0.637. The number of ether oxygens (including phenoxy) is 1. The van der Waals surface area contributed by atoms with Crippen LogP contribution >= 0.6 is 11.8 Å². The molecule has 1 fully saturated rings. The number of aryl methyl sites for hydroxylation is 2. The van der Waals surface area contributed by atoms with Crippen molar-refractivity contribution in [3.05, 3.63) is 29.3 Å². The summed E-state index contributed by atoms with van der Waals surface area (Å²) < 4.78 is 5.23. The van der Waals surface area contributed by atoms with Gasteiger partial charge in [0.25, 0.3) is 5.91 Å². The average molecular weight is 389 g/mol. The second-order valence-electron chi connectivity index (χ2n) is 6.69. The van der Waals surface area contributed by atoms with Gasteiger partial charge in [-0.3, -0.25) is 14.4 Å². The van der Waals surface area contributed by atoms with E-state index in [0.717, 1.165) is 16.8 Å². The number of morpholine rings is 1. The highest BCUT2D eigenvalue weighted by atomic mass is 32.2. The quantitative estimate of drug-likeness (QED) is 0.831. The van der Waals surface area contributed by atoms with E-state index >= 15 is 0 Å². The minimum atomic E-state index is -0.566. The van der Waals surface area contributed by atoms with Crippen molar-refractivity contribution in [2.75, 3.05) is 31.6 Å². The Bertz CT molecular complexity index is 787. The number of rotatable bonds is 5. The van der Waals surface area contributed by atoms with Crippen molar-refractivity contribution in [2.45, 2.75) is 31.9 Å². The second-order valence-corrected chi connectivity index (χ2v) is 7.97. The van der Waals surface area contributed by atoms with Gasteiger partial charge in [0.1, 0.15) is 5.25 Å². The van der Waals surface area contributed by atoms with Crippen LogP contribution in [0, 0.1) is 13.8 Å². The maximum Gasteiger partial charge on any atom is 0.260 e. The number of amides is 3. The van der Waals surface area contributed by atoms with Crippen molar-refractivity contribution in [1.29, 1.82) is 0 Å². The zero-order chi connectivity index (χ0) is 19.4. The number of aliphatic imine (C=N–C) groups is 1. The summed E-state index contributed by atoms with van der Waals surface area (Å²) in [6.07, 6.45) is 0.140. The molecule has 0 aliphatic carbocycles. The molecule has 1 aromatic carbocycles. The number of nitrogens with one attached hydrogen (secondary N) is 1. The third-order valence-corrected chi connectivity index (χ3v) is 5.64. The van der Waals surface area contributed by atoms with Crippen molar-refractivity contribution in [2.24, 2.45) is 4.99 Å². The Balaban J connectivity index is 1.51. The number of hydrogen-bond donors (Lipinski definition) is 1. The molecular formula is C19H23N3O4S. The molecule has 0 unspecified atom stereocenters. The standard InChI is InChI=1S/C19H23N3O4S/c1-12-3-4-14(13(2)9-12)20-16(23)10-15-19(25)21-17(27-15)11-18(24)22-5-7-26-8-6-22/h3-4,9,15H,5-8,10-11H2,1-2H3,(H,20,23)/t15-/m0/s1. The van der Waals surface area contributed by atoms with Gasteiger partial charge in [0.15, 0.2) is 0 Å². The lowest BCUT2D eigenvalue weighted by Gasteiger charge is -2.26. The first kappa shape index (κ1) is 19.6. The van der Waals surface area contributed by atoms with Crippen LogP contribution in [0.2, 0.25) is 0 Å². The van der Waals surface area contributed by atoms with E-state index in [1.807, 2.05) is 32.0 Å². The van der Waals surface area contributed by atoms with Crippen molar-refractivity contribution in [3.63, 3.8) is 0 Å². The number of thioether (sulfide) groups is 1. The van der Waals surface area contributed by atoms with Gasteiger partial charge in [0.05, 0.1) is 24.7 Å². The highest BCUT2D eigenvalue weighted by molar-refractivity contribution is 8.15. The molecule has 1 atom stereocenters. The van der Waals surface area contributed by atoms with Crippen LogP contribution in [0.3, 0.4) is 0 Å². The maximum absolute atomic E-state index is 12.3. The highest BCUT2D eigenvalue weighted by Crippen LogP contribution is 2.28. The first-order valence-electron chi connectivity index (χ1n) is 8.93. The van der Waals surface area contributed by atoms with E-state index in [9.17, 15) is 14.4 Å². The monoisotopic (exact) mass is 389 g/mol. The van der Waals surface area contributed by atoms with E-state index in [2.05, 4.69) is 10.3 Å². The van der Waals surface area contributed by atoms with Gasteiger partial charge in [-0.1, -0.05) is 29.5 Å². The fourth-order valence-corrected chi connectivity index (χ4v) is 4.09. The molecule has 2 heterocycles. The van der Waals surface area contributed by atoms with Gasteiger partial charge in [-0.15, -0.1) is 0 Å². The van der Waals surface area contributed by atoms with Crippen molar-refractivity contribution >= 4 is 40.2 Å². The van der Waals surface area contributed by atoms with Gasteiger partial charge in [0.2, 0.25) is 11.8 Å². The van der Waals surface area contributed by atoms with Gasteiger partial charge in [-0.25, -0.2) is 4.99 Å². The Labute approximate surface area is 162 Å². The molecule has 8 heteroatoms. The Hall–Kier alpha value is -2.19. The minimum Gasteiger partial charge on any atom is -0.378 e. The smallest absolute Gasteiger partial charge is 0.260 e. The number of anilines is 1. The van der Waals surface area contributed by atoms with E-state index in [0.29, 0.717) is 31.3 Å². The SMILES string of the molecule is Cc1ccc(NC(=O)C[C@@H]2SC(CC(=O)N3CCOCC3)=NC2=O)c(C)c1. The number of carbonyl (C=O) groups excluding carboxylic acids is 3. The van der Waals surface area contributed by atoms with Crippen LogP contribution in [-0.2, 0) is 19.1 Å². The zero-order valence-electron chi connectivity index (χ0n) is 15.5. The molecule has 0 spiro atoms. The molecule has 0 bridgehead atoms. The summed E-state index contributed by atoms with van der Waals surface area (Å²) in [7, 11) is 0. The highest BCUT2D eigenvalue weighted by Gasteiger charge is 2.32. The molecule has 1 aromatic rings. The van der Waals surface area contributed by atoms with Gasteiger partial charge < -0.3 is 15.0 Å². The second kappa shape index (κ2) is 8.67. The molecule has 27 heavy (non-hydrogen) atoms. The van der Waals surface area contributed by atoms with E-state index < -0.39 is 5.25 Å². The van der Waals surface area contributed by atoms with Gasteiger partial charge >= 0.3 is 0 Å². The fourth-order valence-electron chi connectivity index (χ4n) is 3.02. The summed E-state index contributed by atoms with van der Waals surface area (Å²) in [5, 5.41) is 2.77. The molecular weight excluding hydrogens is 366 g/mol. The Kier molecular flexibility index (Phi) is 6.28. The molecule has 1 N–H and O–H groups in total. The Morgan fingerprint density at radius 1 is 1.30 bits per heavy atom. The van der Waals surface area contributed by atoms with Crippen LogP contribution in [0.4, 0.5) is 5.69 Å². The minimum absolute atomic E-state index is 0.0373. The summed E-state index contributed by atoms with van der Waals surface area (Å²) in [5.41, 5.74) is 2.83. The Morgan fingerprint density at radius 2 is 2.04 bits per heavy atom. The zero-order valence-corrected chi connectivity index (χ0v) is 16.3. The predicted molar refractivity (Wildman–Crippen MR) is 105 cm³/mol. The molecule has 7 nitrogen and oxygen atoms in total. The molecule has 144 valence electrons. The molecule has 3 amide bonds. The van der Waals surface area contributed by atoms with Crippen LogP contribution in [0.15, 0.2) is 23.2 Å². The van der Waals surface area contributed by atoms with Gasteiger partial charge in [-0.05, 0) is 25.5 Å². The van der Waals surface area contributed by atoms with E-state index in [4.69, 9.17) is 4.74 Å². The lowest BCUT2D eigenvalue weighted by Crippen LogP contribution is -2.41. The summed E-state index contributed by atoms with van der Waals surface area (Å²) in [6.45, 7) is 6.11. The lowest BCUT2D eigenvalue weighted by atomic mass is 10.1.